The van der Waals surface area contributed by atoms with Crippen molar-refractivity contribution in [1.82, 2.24) is 0 Å². The normalized spacial score (nSPS) is 10.9. The van der Waals surface area contributed by atoms with Gasteiger partial charge in [-0.15, -0.1) is 0 Å². The molecule has 0 aliphatic carbocycles. The van der Waals surface area contributed by atoms with E-state index in [4.69, 9.17) is 9.15 Å². The molecule has 0 N–H and O–H groups in total. The molecule has 140 valence electrons. The molecule has 0 fully saturated rings. The Morgan fingerprint density at radius 3 is 2.63 bits per heavy atom. The number of rotatable bonds is 6. The molecular weight excluding hydrogens is 344 g/mol. The molecule has 0 saturated carbocycles. The average molecular weight is 365 g/mol. The number of aliphatic carboxylic acids is 1. The van der Waals surface area contributed by atoms with Gasteiger partial charge in [-0.1, -0.05) is 23.8 Å². The van der Waals surface area contributed by atoms with Crippen molar-refractivity contribution in [2.75, 3.05) is 0 Å². The van der Waals surface area contributed by atoms with Gasteiger partial charge in [-0.2, -0.15) is 0 Å². The summed E-state index contributed by atoms with van der Waals surface area (Å²) in [4.78, 5) is 22.9. The van der Waals surface area contributed by atoms with Gasteiger partial charge in [0.05, 0.1) is 0 Å². The molecule has 0 amide bonds. The first-order valence-electron chi connectivity index (χ1n) is 8.80. The number of fused-ring (bicyclic) bond motifs is 1. The van der Waals surface area contributed by atoms with Gasteiger partial charge in [0.1, 0.15) is 17.9 Å². The zero-order valence-electron chi connectivity index (χ0n) is 15.6. The van der Waals surface area contributed by atoms with Crippen molar-refractivity contribution in [3.63, 3.8) is 0 Å². The number of carbonyl (C=O) groups is 1. The highest BCUT2D eigenvalue weighted by atomic mass is 16.5. The number of benzene rings is 2. The zero-order valence-corrected chi connectivity index (χ0v) is 15.6. The second-order valence-corrected chi connectivity index (χ2v) is 6.74. The van der Waals surface area contributed by atoms with Crippen LogP contribution in [0.25, 0.3) is 11.0 Å². The van der Waals surface area contributed by atoms with Crippen LogP contribution in [-0.4, -0.2) is 5.97 Å². The van der Waals surface area contributed by atoms with Crippen molar-refractivity contribution in [3.8, 4) is 5.75 Å². The molecule has 0 atom stereocenters. The maximum Gasteiger partial charge on any atom is 0.339 e. The third-order valence-corrected chi connectivity index (χ3v) is 4.74. The number of hydrogen-bond acceptors (Lipinski definition) is 5. The van der Waals surface area contributed by atoms with Gasteiger partial charge in [-0.3, -0.25) is 0 Å². The van der Waals surface area contributed by atoms with Crippen LogP contribution >= 0.6 is 0 Å². The summed E-state index contributed by atoms with van der Waals surface area (Å²) in [6.07, 6.45) is -0.120. The van der Waals surface area contributed by atoms with Gasteiger partial charge < -0.3 is 19.1 Å². The van der Waals surface area contributed by atoms with Crippen molar-refractivity contribution in [1.29, 1.82) is 0 Å². The van der Waals surface area contributed by atoms with E-state index in [2.05, 4.69) is 18.2 Å². The van der Waals surface area contributed by atoms with Crippen LogP contribution in [0.5, 0.6) is 5.75 Å². The van der Waals surface area contributed by atoms with Gasteiger partial charge in [0.2, 0.25) is 0 Å². The van der Waals surface area contributed by atoms with Gasteiger partial charge in [-0.05, 0) is 62.4 Å². The van der Waals surface area contributed by atoms with E-state index in [1.807, 2.05) is 26.0 Å². The lowest BCUT2D eigenvalue weighted by molar-refractivity contribution is -0.305. The van der Waals surface area contributed by atoms with Gasteiger partial charge in [0.25, 0.3) is 0 Å². The van der Waals surface area contributed by atoms with E-state index >= 15 is 0 Å². The van der Waals surface area contributed by atoms with Crippen LogP contribution in [0.15, 0.2) is 45.6 Å². The van der Waals surface area contributed by atoms with Crippen molar-refractivity contribution < 1.29 is 19.1 Å². The molecule has 0 unspecified atom stereocenters. The second-order valence-electron chi connectivity index (χ2n) is 6.74. The smallest absolute Gasteiger partial charge is 0.339 e. The Hall–Kier alpha value is -3.08. The summed E-state index contributed by atoms with van der Waals surface area (Å²) in [5.74, 6) is -0.586. The quantitative estimate of drug-likeness (QED) is 0.628. The maximum absolute atomic E-state index is 12.2. The van der Waals surface area contributed by atoms with E-state index in [1.54, 1.807) is 13.0 Å². The minimum atomic E-state index is -1.19. The molecule has 3 rings (SSSR count). The molecule has 0 saturated heterocycles. The summed E-state index contributed by atoms with van der Waals surface area (Å²) < 4.78 is 11.3. The first-order valence-corrected chi connectivity index (χ1v) is 8.80. The Balaban J connectivity index is 1.87. The van der Waals surface area contributed by atoms with Crippen molar-refractivity contribution in [2.45, 2.75) is 40.2 Å². The van der Waals surface area contributed by atoms with Crippen LogP contribution in [-0.2, 0) is 17.8 Å². The highest BCUT2D eigenvalue weighted by molar-refractivity contribution is 5.82. The molecule has 1 heterocycles. The Morgan fingerprint density at radius 2 is 1.89 bits per heavy atom. The Bertz CT molecular complexity index is 1060. The van der Waals surface area contributed by atoms with E-state index in [0.717, 1.165) is 22.1 Å². The van der Waals surface area contributed by atoms with Crippen LogP contribution < -0.4 is 15.5 Å². The molecule has 27 heavy (non-hydrogen) atoms. The van der Waals surface area contributed by atoms with E-state index in [1.165, 1.54) is 5.56 Å². The molecule has 2 aromatic carbocycles. The largest absolute Gasteiger partial charge is 0.550 e. The predicted octanol–water partition coefficient (Wildman–Crippen LogP) is 2.98. The molecule has 0 aliphatic rings. The van der Waals surface area contributed by atoms with E-state index in [9.17, 15) is 14.7 Å². The maximum atomic E-state index is 12.2. The summed E-state index contributed by atoms with van der Waals surface area (Å²) in [6, 6.07) is 11.6. The van der Waals surface area contributed by atoms with Crippen LogP contribution in [0.4, 0.5) is 0 Å². The van der Waals surface area contributed by atoms with Gasteiger partial charge in [0, 0.05) is 23.0 Å². The molecule has 0 spiro atoms. The molecule has 0 bridgehead atoms. The highest BCUT2D eigenvalue weighted by Gasteiger charge is 2.12. The Morgan fingerprint density at radius 1 is 1.11 bits per heavy atom. The monoisotopic (exact) mass is 365 g/mol. The lowest BCUT2D eigenvalue weighted by atomic mass is 10.0. The third-order valence-electron chi connectivity index (χ3n) is 4.74. The zero-order chi connectivity index (χ0) is 19.6. The molecule has 1 aromatic heterocycles. The number of aryl methyl sites for hydroxylation is 3. The summed E-state index contributed by atoms with van der Waals surface area (Å²) in [5.41, 5.74) is 4.43. The number of ether oxygens (including phenoxy) is 1. The van der Waals surface area contributed by atoms with Gasteiger partial charge >= 0.3 is 5.63 Å². The first-order chi connectivity index (χ1) is 12.8. The minimum absolute atomic E-state index is 0.0946. The number of hydrogen-bond donors (Lipinski definition) is 0. The van der Waals surface area contributed by atoms with Crippen molar-refractivity contribution in [2.24, 2.45) is 0 Å². The van der Waals surface area contributed by atoms with Crippen LogP contribution in [0.2, 0.25) is 0 Å². The summed E-state index contributed by atoms with van der Waals surface area (Å²) >= 11 is 0. The van der Waals surface area contributed by atoms with Crippen LogP contribution in [0.1, 0.15) is 34.2 Å². The molecule has 5 heteroatoms. The minimum Gasteiger partial charge on any atom is -0.550 e. The Labute approximate surface area is 157 Å². The highest BCUT2D eigenvalue weighted by Crippen LogP contribution is 2.25. The number of carboxylic acid groups (broad SMARTS) is 1. The molecule has 3 aromatic rings. The van der Waals surface area contributed by atoms with E-state index < -0.39 is 11.6 Å². The topological polar surface area (TPSA) is 79.6 Å². The second kappa shape index (κ2) is 7.66. The predicted molar refractivity (Wildman–Crippen MR) is 101 cm³/mol. The van der Waals surface area contributed by atoms with Gasteiger partial charge in [0.15, 0.2) is 0 Å². The van der Waals surface area contributed by atoms with Crippen molar-refractivity contribution in [3.05, 3.63) is 74.6 Å². The van der Waals surface area contributed by atoms with E-state index in [-0.39, 0.29) is 12.8 Å². The molecule has 5 nitrogen and oxygen atoms in total. The fraction of sp³-hybridized carbons (Fsp3) is 0.273. The third kappa shape index (κ3) is 4.19. The van der Waals surface area contributed by atoms with Crippen LogP contribution in [0, 0.1) is 20.8 Å². The van der Waals surface area contributed by atoms with Crippen molar-refractivity contribution >= 4 is 16.9 Å². The number of carboxylic acids is 1. The lowest BCUT2D eigenvalue weighted by Crippen LogP contribution is -2.24. The standard InChI is InChI=1S/C22H22O5/c1-13-4-5-14(2)16(10-13)12-26-17-6-7-18-15(3)19(8-9-21(23)24)22(25)27-20(18)11-17/h4-7,10-11H,8-9,12H2,1-3H3,(H,23,24)/p-1. The Kier molecular flexibility index (Phi) is 5.31. The summed E-state index contributed by atoms with van der Waals surface area (Å²) in [6.45, 7) is 6.29. The number of carbonyl (C=O) groups excluding carboxylic acids is 1. The fourth-order valence-electron chi connectivity index (χ4n) is 3.10. The summed E-state index contributed by atoms with van der Waals surface area (Å²) in [7, 11) is 0. The first kappa shape index (κ1) is 18.7. The lowest BCUT2D eigenvalue weighted by Gasteiger charge is -2.12. The van der Waals surface area contributed by atoms with Gasteiger partial charge in [-0.25, -0.2) is 4.79 Å². The average Bonchev–Trinajstić information content (AvgIpc) is 2.61. The van der Waals surface area contributed by atoms with Crippen LogP contribution in [0.3, 0.4) is 0 Å². The SMILES string of the molecule is Cc1ccc(C)c(COc2ccc3c(C)c(CCC(=O)[O-])c(=O)oc3c2)c1. The summed E-state index contributed by atoms with van der Waals surface area (Å²) in [5, 5.41) is 11.4. The van der Waals surface area contributed by atoms with E-state index in [0.29, 0.717) is 23.5 Å². The molecular formula is C22H21O5-. The molecule has 0 aliphatic heterocycles. The fourth-order valence-corrected chi connectivity index (χ4v) is 3.10. The molecule has 0 radical (unpaired) electrons.